The molecule has 2 aromatic heterocycles. The third-order valence-corrected chi connectivity index (χ3v) is 4.37. The number of hydrogen-bond donors (Lipinski definition) is 2. The van der Waals surface area contributed by atoms with E-state index in [2.05, 4.69) is 15.1 Å². The predicted octanol–water partition coefficient (Wildman–Crippen LogP) is 1.55. The number of halogens is 1. The highest BCUT2D eigenvalue weighted by Crippen LogP contribution is 2.17. The van der Waals surface area contributed by atoms with Crippen LogP contribution in [0.25, 0.3) is 10.8 Å². The van der Waals surface area contributed by atoms with Gasteiger partial charge in [0.15, 0.2) is 0 Å². The molecule has 0 saturated carbocycles. The predicted molar refractivity (Wildman–Crippen MR) is 102 cm³/mol. The first-order chi connectivity index (χ1) is 13.5. The van der Waals surface area contributed by atoms with Gasteiger partial charge in [0.25, 0.3) is 11.1 Å². The lowest BCUT2D eigenvalue weighted by Crippen LogP contribution is -2.29. The molecule has 8 heteroatoms. The van der Waals surface area contributed by atoms with Crippen LogP contribution in [0.1, 0.15) is 17.0 Å². The van der Waals surface area contributed by atoms with Gasteiger partial charge in [-0.05, 0) is 23.8 Å². The number of aromatic nitrogens is 4. The number of fused-ring (bicyclic) bond motifs is 1. The van der Waals surface area contributed by atoms with Gasteiger partial charge in [0.1, 0.15) is 5.82 Å². The number of aromatic amines is 2. The van der Waals surface area contributed by atoms with Crippen LogP contribution in [-0.2, 0) is 13.0 Å². The highest BCUT2D eigenvalue weighted by molar-refractivity contribution is 5.83. The number of H-pyrrole nitrogens is 2. The fourth-order valence-electron chi connectivity index (χ4n) is 3.10. The average molecular weight is 378 g/mol. The van der Waals surface area contributed by atoms with E-state index in [1.165, 1.54) is 22.9 Å². The minimum Gasteiger partial charge on any atom is -0.309 e. The zero-order valence-corrected chi connectivity index (χ0v) is 14.6. The summed E-state index contributed by atoms with van der Waals surface area (Å²) in [7, 11) is 0. The second-order valence-corrected chi connectivity index (χ2v) is 6.37. The summed E-state index contributed by atoms with van der Waals surface area (Å²) < 4.78 is 14.4. The first-order valence-electron chi connectivity index (χ1n) is 8.55. The van der Waals surface area contributed by atoms with Crippen molar-refractivity contribution in [2.24, 2.45) is 0 Å². The number of hydrogen-bond acceptors (Lipinski definition) is 4. The minimum absolute atomic E-state index is 0.0563. The van der Waals surface area contributed by atoms with Crippen LogP contribution in [0.15, 0.2) is 69.0 Å². The average Bonchev–Trinajstić information content (AvgIpc) is 2.66. The quantitative estimate of drug-likeness (QED) is 0.563. The summed E-state index contributed by atoms with van der Waals surface area (Å²) >= 11 is 0. The molecular weight excluding hydrogens is 363 g/mol. The van der Waals surface area contributed by atoms with Crippen LogP contribution in [0, 0.1) is 5.82 Å². The molecule has 0 aliphatic heterocycles. The van der Waals surface area contributed by atoms with Crippen LogP contribution in [0.5, 0.6) is 0 Å². The summed E-state index contributed by atoms with van der Waals surface area (Å²) in [5.74, 6) is -0.329. The van der Waals surface area contributed by atoms with E-state index in [1.54, 1.807) is 24.3 Å². The first kappa shape index (κ1) is 17.6. The fraction of sp³-hybridized carbons (Fsp3) is 0.100. The second-order valence-electron chi connectivity index (χ2n) is 6.37. The van der Waals surface area contributed by atoms with Gasteiger partial charge in [0, 0.05) is 23.6 Å². The van der Waals surface area contributed by atoms with Crippen molar-refractivity contribution in [1.29, 1.82) is 0 Å². The van der Waals surface area contributed by atoms with Crippen molar-refractivity contribution in [3.05, 3.63) is 109 Å². The minimum atomic E-state index is -0.650. The first-order valence-corrected chi connectivity index (χ1v) is 8.55. The van der Waals surface area contributed by atoms with Crippen molar-refractivity contribution in [3.63, 3.8) is 0 Å². The molecule has 0 unspecified atom stereocenters. The molecule has 0 radical (unpaired) electrons. The molecular formula is C20H15FN4O3. The molecule has 0 saturated heterocycles. The molecule has 4 aromatic rings. The Labute approximate surface area is 157 Å². The van der Waals surface area contributed by atoms with Gasteiger partial charge in [0.05, 0.1) is 17.6 Å². The summed E-state index contributed by atoms with van der Waals surface area (Å²) in [6.45, 7) is -0.0563. The molecule has 2 aromatic carbocycles. The SMILES string of the molecule is O=c1cc(Cn2nc(Cc3ccc(F)cc3)c3ccccc3c2=O)[nH]c(=O)[nH]1. The van der Waals surface area contributed by atoms with Crippen LogP contribution in [0.2, 0.25) is 0 Å². The number of rotatable bonds is 4. The van der Waals surface area contributed by atoms with Gasteiger partial charge >= 0.3 is 5.69 Å². The lowest BCUT2D eigenvalue weighted by atomic mass is 10.0. The molecule has 2 N–H and O–H groups in total. The van der Waals surface area contributed by atoms with Gasteiger partial charge in [-0.25, -0.2) is 13.9 Å². The Bertz CT molecular complexity index is 1310. The topological polar surface area (TPSA) is 101 Å². The van der Waals surface area contributed by atoms with Crippen LogP contribution in [0.3, 0.4) is 0 Å². The lowest BCUT2D eigenvalue weighted by molar-refractivity contribution is 0.617. The van der Waals surface area contributed by atoms with Crippen molar-refractivity contribution in [2.75, 3.05) is 0 Å². The molecule has 0 amide bonds. The summed E-state index contributed by atoms with van der Waals surface area (Å²) in [5, 5.41) is 5.62. The van der Waals surface area contributed by atoms with Gasteiger partial charge in [0.2, 0.25) is 0 Å². The van der Waals surface area contributed by atoms with Gasteiger partial charge in [-0.3, -0.25) is 14.6 Å². The van der Waals surface area contributed by atoms with Gasteiger partial charge < -0.3 is 4.98 Å². The fourth-order valence-corrected chi connectivity index (χ4v) is 3.10. The molecule has 28 heavy (non-hydrogen) atoms. The maximum atomic E-state index is 13.2. The zero-order chi connectivity index (χ0) is 19.7. The van der Waals surface area contributed by atoms with E-state index in [4.69, 9.17) is 0 Å². The van der Waals surface area contributed by atoms with Crippen molar-refractivity contribution in [1.82, 2.24) is 19.7 Å². The van der Waals surface area contributed by atoms with E-state index in [0.29, 0.717) is 22.9 Å². The smallest absolute Gasteiger partial charge is 0.309 e. The maximum absolute atomic E-state index is 13.2. The number of nitrogens with zero attached hydrogens (tertiary/aromatic N) is 2. The molecule has 0 bridgehead atoms. The van der Waals surface area contributed by atoms with E-state index in [1.807, 2.05) is 12.1 Å². The molecule has 0 atom stereocenters. The standard InChI is InChI=1S/C20H15FN4O3/c21-13-7-5-12(6-8-13)9-17-15-3-1-2-4-16(15)19(27)25(24-17)11-14-10-18(26)23-20(28)22-14/h1-8,10H,9,11H2,(H2,22,23,26,28). The lowest BCUT2D eigenvalue weighted by Gasteiger charge is -2.11. The Hall–Kier alpha value is -3.81. The normalized spacial score (nSPS) is 11.0. The molecule has 0 aliphatic rings. The Morgan fingerprint density at radius 1 is 0.929 bits per heavy atom. The van der Waals surface area contributed by atoms with Gasteiger partial charge in [-0.15, -0.1) is 0 Å². The zero-order valence-electron chi connectivity index (χ0n) is 14.6. The van der Waals surface area contributed by atoms with Gasteiger partial charge in [-0.1, -0.05) is 30.3 Å². The van der Waals surface area contributed by atoms with Crippen molar-refractivity contribution in [3.8, 4) is 0 Å². The Balaban J connectivity index is 1.83. The Morgan fingerprint density at radius 3 is 2.36 bits per heavy atom. The third kappa shape index (κ3) is 3.52. The Morgan fingerprint density at radius 2 is 1.64 bits per heavy atom. The monoisotopic (exact) mass is 378 g/mol. The van der Waals surface area contributed by atoms with E-state index < -0.39 is 11.2 Å². The van der Waals surface area contributed by atoms with Crippen LogP contribution in [0.4, 0.5) is 4.39 Å². The molecule has 2 heterocycles. The van der Waals surface area contributed by atoms with E-state index in [0.717, 1.165) is 5.56 Å². The third-order valence-electron chi connectivity index (χ3n) is 4.37. The Kier molecular flexibility index (Phi) is 4.44. The van der Waals surface area contributed by atoms with Crippen molar-refractivity contribution in [2.45, 2.75) is 13.0 Å². The highest BCUT2D eigenvalue weighted by Gasteiger charge is 2.12. The van der Waals surface area contributed by atoms with Crippen molar-refractivity contribution < 1.29 is 4.39 Å². The van der Waals surface area contributed by atoms with E-state index in [-0.39, 0.29) is 23.6 Å². The molecule has 7 nitrogen and oxygen atoms in total. The summed E-state index contributed by atoms with van der Waals surface area (Å²) in [6.07, 6.45) is 0.396. The molecule has 140 valence electrons. The molecule has 4 rings (SSSR count). The summed E-state index contributed by atoms with van der Waals surface area (Å²) in [4.78, 5) is 40.4. The van der Waals surface area contributed by atoms with Gasteiger partial charge in [-0.2, -0.15) is 5.10 Å². The van der Waals surface area contributed by atoms with E-state index in [9.17, 15) is 18.8 Å². The maximum Gasteiger partial charge on any atom is 0.325 e. The second kappa shape index (κ2) is 7.07. The van der Waals surface area contributed by atoms with Crippen molar-refractivity contribution >= 4 is 10.8 Å². The van der Waals surface area contributed by atoms with E-state index >= 15 is 0 Å². The summed E-state index contributed by atoms with van der Waals surface area (Å²) in [6, 6.07) is 14.4. The number of nitrogens with one attached hydrogen (secondary N) is 2. The molecule has 0 spiro atoms. The highest BCUT2D eigenvalue weighted by atomic mass is 19.1. The molecule has 0 fully saturated rings. The largest absolute Gasteiger partial charge is 0.325 e. The summed E-state index contributed by atoms with van der Waals surface area (Å²) in [5.41, 5.74) is 0.204. The number of benzene rings is 2. The molecule has 0 aliphatic carbocycles. The van der Waals surface area contributed by atoms with Crippen LogP contribution < -0.4 is 16.8 Å². The van der Waals surface area contributed by atoms with Crippen LogP contribution >= 0.6 is 0 Å². The van der Waals surface area contributed by atoms with Crippen LogP contribution in [-0.4, -0.2) is 19.7 Å².